The summed E-state index contributed by atoms with van der Waals surface area (Å²) in [5.74, 6) is 0. The number of aromatic nitrogens is 2. The van der Waals surface area contributed by atoms with E-state index in [0.29, 0.717) is 0 Å². The summed E-state index contributed by atoms with van der Waals surface area (Å²) < 4.78 is 0. The van der Waals surface area contributed by atoms with Crippen molar-refractivity contribution in [1.29, 1.82) is 0 Å². The lowest BCUT2D eigenvalue weighted by atomic mass is 9.70. The number of hydrogen-bond donors (Lipinski definition) is 0. The van der Waals surface area contributed by atoms with Gasteiger partial charge in [-0.2, -0.15) is 0 Å². The summed E-state index contributed by atoms with van der Waals surface area (Å²) >= 11 is 3.92. The molecule has 3 heterocycles. The first-order valence-electron chi connectivity index (χ1n) is 34.0. The first kappa shape index (κ1) is 61.9. The Hall–Kier alpha value is -6.72. The minimum absolute atomic E-state index is 0.00992. The second kappa shape index (κ2) is 30.0. The van der Waals surface area contributed by atoms with Gasteiger partial charge in [0.2, 0.25) is 0 Å². The lowest BCUT2D eigenvalue weighted by Crippen LogP contribution is -2.25. The van der Waals surface area contributed by atoms with E-state index in [2.05, 4.69) is 211 Å². The summed E-state index contributed by atoms with van der Waals surface area (Å²) in [6, 6.07) is 64.5. The van der Waals surface area contributed by atoms with Crippen LogP contribution in [0.4, 0.5) is 0 Å². The molecule has 87 heavy (non-hydrogen) atoms. The van der Waals surface area contributed by atoms with E-state index in [1.165, 1.54) is 222 Å². The van der Waals surface area contributed by atoms with Gasteiger partial charge in [-0.1, -0.05) is 300 Å². The maximum atomic E-state index is 6.01. The van der Waals surface area contributed by atoms with E-state index >= 15 is 0 Å². The monoisotopic (exact) mass is 1180 g/mol. The molecule has 11 rings (SSSR count). The number of rotatable bonds is 31. The summed E-state index contributed by atoms with van der Waals surface area (Å²) in [4.78, 5) is 17.4. The minimum Gasteiger partial charge on any atom is -0.243 e. The summed E-state index contributed by atoms with van der Waals surface area (Å²) in [5, 5.41) is 0. The van der Waals surface area contributed by atoms with Crippen molar-refractivity contribution < 1.29 is 0 Å². The first-order chi connectivity index (χ1) is 42.8. The molecule has 0 aliphatic heterocycles. The molecule has 3 aromatic heterocycles. The summed E-state index contributed by atoms with van der Waals surface area (Å²) in [7, 11) is 0. The van der Waals surface area contributed by atoms with Gasteiger partial charge in [0.05, 0.1) is 22.4 Å². The van der Waals surface area contributed by atoms with E-state index in [4.69, 9.17) is 9.97 Å². The molecule has 7 aromatic carbocycles. The standard InChI is InChI=1S/C83H94N2S2/c1-7-11-15-19-21-31-53-83(54-32-22-20-16-12-8-2)74-55-59(5)39-49-70(74)71-50-48-69(56-75(71)83)82-68(38-26-18-14-10-4)58-77(87-82)73-52-51-72(76-57-67(60(6)86-76)37-25-17-13-9-3)80-81(73)85-79(66-46-42-64(43-47-66)62-35-29-24-30-36-62)78(84-80)65-44-40-63(41-45-65)61-33-27-23-28-34-61/h23-24,27-30,33-36,39-52,55-58H,7-22,25-26,31-32,37-38,53-54H2,1-6H3. The maximum Gasteiger partial charge on any atom is 0.0988 e. The average Bonchev–Trinajstić information content (AvgIpc) is 1.63. The highest BCUT2D eigenvalue weighted by molar-refractivity contribution is 7.19. The third-order valence-electron chi connectivity index (χ3n) is 19.0. The van der Waals surface area contributed by atoms with Crippen molar-refractivity contribution in [1.82, 2.24) is 9.97 Å². The van der Waals surface area contributed by atoms with Crippen LogP contribution in [-0.4, -0.2) is 9.97 Å². The minimum atomic E-state index is 0.00992. The summed E-state index contributed by atoms with van der Waals surface area (Å²) in [5.41, 5.74) is 24.8. The Labute approximate surface area is 531 Å². The van der Waals surface area contributed by atoms with E-state index in [-0.39, 0.29) is 5.41 Å². The van der Waals surface area contributed by atoms with Gasteiger partial charge in [-0.05, 0) is 132 Å². The second-order valence-electron chi connectivity index (χ2n) is 25.4. The fraction of sp³-hybridized carbons (Fsp3) is 0.373. The summed E-state index contributed by atoms with van der Waals surface area (Å²) in [6.07, 6.45) is 30.4. The van der Waals surface area contributed by atoms with Crippen molar-refractivity contribution in [3.63, 3.8) is 0 Å². The van der Waals surface area contributed by atoms with E-state index in [1.54, 1.807) is 11.1 Å². The Bertz CT molecular complexity index is 3810. The molecule has 2 nitrogen and oxygen atoms in total. The highest BCUT2D eigenvalue weighted by Gasteiger charge is 2.42. The van der Waals surface area contributed by atoms with Crippen LogP contribution in [0.1, 0.15) is 202 Å². The van der Waals surface area contributed by atoms with Crippen LogP contribution in [0.3, 0.4) is 0 Å². The van der Waals surface area contributed by atoms with Crippen molar-refractivity contribution in [2.24, 2.45) is 0 Å². The molecule has 0 radical (unpaired) electrons. The molecule has 0 bridgehead atoms. The van der Waals surface area contributed by atoms with Crippen molar-refractivity contribution in [2.45, 2.75) is 201 Å². The van der Waals surface area contributed by atoms with Gasteiger partial charge in [0.1, 0.15) is 0 Å². The van der Waals surface area contributed by atoms with Crippen molar-refractivity contribution >= 4 is 33.7 Å². The Morgan fingerprint density at radius 2 is 0.724 bits per heavy atom. The Morgan fingerprint density at radius 3 is 1.24 bits per heavy atom. The van der Waals surface area contributed by atoms with Gasteiger partial charge >= 0.3 is 0 Å². The topological polar surface area (TPSA) is 25.8 Å². The first-order valence-corrected chi connectivity index (χ1v) is 35.6. The highest BCUT2D eigenvalue weighted by atomic mass is 32.1. The van der Waals surface area contributed by atoms with Crippen LogP contribution in [0, 0.1) is 13.8 Å². The smallest absolute Gasteiger partial charge is 0.0988 e. The highest BCUT2D eigenvalue weighted by Crippen LogP contribution is 2.56. The number of unbranched alkanes of at least 4 members (excludes halogenated alkanes) is 16. The van der Waals surface area contributed by atoms with E-state index in [1.807, 2.05) is 22.7 Å². The third kappa shape index (κ3) is 14.3. The molecule has 10 aromatic rings. The molecule has 448 valence electrons. The molecule has 4 heteroatoms. The maximum absolute atomic E-state index is 6.01. The zero-order valence-electron chi connectivity index (χ0n) is 53.3. The third-order valence-corrected chi connectivity index (χ3v) is 21.4. The lowest BCUT2D eigenvalue weighted by molar-refractivity contribution is 0.398. The SMILES string of the molecule is CCCCCCCCC1(CCCCCCCC)c2cc(C)ccc2-c2ccc(-c3sc(-c4ccc(-c5cc(CCCCCC)c(C)s5)c5nc(-c6ccc(-c7ccccc7)cc6)c(-c6ccc(-c7ccccc7)cc6)nc45)cc3CCCCCC)cc21. The van der Waals surface area contributed by atoms with Crippen molar-refractivity contribution in [3.05, 3.63) is 203 Å². The number of benzene rings is 7. The largest absolute Gasteiger partial charge is 0.243 e. The van der Waals surface area contributed by atoms with Crippen LogP contribution in [-0.2, 0) is 18.3 Å². The zero-order valence-corrected chi connectivity index (χ0v) is 55.0. The summed E-state index contributed by atoms with van der Waals surface area (Å²) in [6.45, 7) is 14.0. The van der Waals surface area contributed by atoms with Crippen LogP contribution in [0.5, 0.6) is 0 Å². The number of aryl methyl sites for hydroxylation is 4. The Balaban J connectivity index is 1.09. The number of fused-ring (bicyclic) bond motifs is 4. The van der Waals surface area contributed by atoms with Gasteiger partial charge in [0.15, 0.2) is 0 Å². The normalized spacial score (nSPS) is 12.5. The van der Waals surface area contributed by atoms with E-state index in [9.17, 15) is 0 Å². The van der Waals surface area contributed by atoms with Crippen molar-refractivity contribution in [3.8, 4) is 87.2 Å². The van der Waals surface area contributed by atoms with Crippen LogP contribution in [0.25, 0.3) is 98.3 Å². The van der Waals surface area contributed by atoms with E-state index < -0.39 is 0 Å². The quantitative estimate of drug-likeness (QED) is 0.0405. The van der Waals surface area contributed by atoms with Gasteiger partial charge in [0.25, 0.3) is 0 Å². The van der Waals surface area contributed by atoms with Gasteiger partial charge in [0, 0.05) is 47.2 Å². The number of hydrogen-bond acceptors (Lipinski definition) is 4. The van der Waals surface area contributed by atoms with Gasteiger partial charge < -0.3 is 0 Å². The Kier molecular flexibility index (Phi) is 21.3. The molecule has 0 amide bonds. The lowest BCUT2D eigenvalue weighted by Gasteiger charge is -2.33. The van der Waals surface area contributed by atoms with Gasteiger partial charge in [-0.3, -0.25) is 0 Å². The fourth-order valence-corrected chi connectivity index (χ4v) is 16.4. The molecule has 0 spiro atoms. The molecular formula is C83H94N2S2. The molecule has 1 aliphatic rings. The molecule has 0 unspecified atom stereocenters. The molecule has 0 N–H and O–H groups in total. The van der Waals surface area contributed by atoms with Crippen molar-refractivity contribution in [2.75, 3.05) is 0 Å². The molecule has 0 saturated heterocycles. The number of thiophene rings is 2. The molecule has 0 atom stereocenters. The van der Waals surface area contributed by atoms with E-state index in [0.717, 1.165) is 52.0 Å². The van der Waals surface area contributed by atoms with Gasteiger partial charge in [-0.25, -0.2) is 9.97 Å². The van der Waals surface area contributed by atoms with Gasteiger partial charge in [-0.15, -0.1) is 22.7 Å². The van der Waals surface area contributed by atoms with Crippen LogP contribution < -0.4 is 0 Å². The molecule has 1 aliphatic carbocycles. The van der Waals surface area contributed by atoms with Crippen LogP contribution >= 0.6 is 22.7 Å². The predicted octanol–water partition coefficient (Wildman–Crippen LogP) is 26.1. The molecule has 0 saturated carbocycles. The van der Waals surface area contributed by atoms with Crippen LogP contribution in [0.2, 0.25) is 0 Å². The zero-order chi connectivity index (χ0) is 60.0. The second-order valence-corrected chi connectivity index (χ2v) is 27.7. The molecule has 0 fully saturated rings. The van der Waals surface area contributed by atoms with Crippen LogP contribution in [0.15, 0.2) is 170 Å². The number of nitrogens with zero attached hydrogens (tertiary/aromatic N) is 2. The molecular weight excluding hydrogens is 1090 g/mol. The Morgan fingerprint density at radius 1 is 0.333 bits per heavy atom. The fourth-order valence-electron chi connectivity index (χ4n) is 14.0. The average molecular weight is 1180 g/mol. The predicted molar refractivity (Wildman–Crippen MR) is 381 cm³/mol.